The molecule has 0 fully saturated rings. The first kappa shape index (κ1) is 13.1. The van der Waals surface area contributed by atoms with Crippen LogP contribution >= 0.6 is 23.1 Å². The van der Waals surface area contributed by atoms with Crippen molar-refractivity contribution >= 4 is 33.3 Å². The number of hydrogen-bond donors (Lipinski definition) is 1. The van der Waals surface area contributed by atoms with Crippen molar-refractivity contribution in [3.8, 4) is 0 Å². The third kappa shape index (κ3) is 2.44. The Kier molecular flexibility index (Phi) is 3.64. The molecule has 2 aromatic rings. The number of ether oxygens (including phenoxy) is 1. The molecule has 0 saturated carbocycles. The van der Waals surface area contributed by atoms with Gasteiger partial charge >= 0.3 is 0 Å². The van der Waals surface area contributed by atoms with Crippen LogP contribution in [0, 0.1) is 5.92 Å². The topological polar surface area (TPSA) is 55.0 Å². The third-order valence-corrected chi connectivity index (χ3v) is 5.43. The van der Waals surface area contributed by atoms with Crippen LogP contribution in [0.1, 0.15) is 23.8 Å². The van der Waals surface area contributed by atoms with Gasteiger partial charge in [0.25, 0.3) is 5.56 Å². The molecule has 1 unspecified atom stereocenters. The Bertz CT molecular complexity index is 662. The summed E-state index contributed by atoms with van der Waals surface area (Å²) in [6, 6.07) is 0. The highest BCUT2D eigenvalue weighted by molar-refractivity contribution is 7.99. The molecule has 102 valence electrons. The van der Waals surface area contributed by atoms with E-state index in [-0.39, 0.29) is 5.56 Å². The molecule has 4 nitrogen and oxygen atoms in total. The van der Waals surface area contributed by atoms with Gasteiger partial charge in [0.15, 0.2) is 5.16 Å². The second-order valence-corrected chi connectivity index (χ2v) is 6.95. The maximum atomic E-state index is 12.2. The number of methoxy groups -OCH3 is 1. The average molecular weight is 296 g/mol. The fourth-order valence-electron chi connectivity index (χ4n) is 2.51. The van der Waals surface area contributed by atoms with Gasteiger partial charge in [-0.25, -0.2) is 4.98 Å². The predicted molar refractivity (Wildman–Crippen MR) is 79.2 cm³/mol. The van der Waals surface area contributed by atoms with Crippen LogP contribution < -0.4 is 5.56 Å². The zero-order valence-corrected chi connectivity index (χ0v) is 12.6. The smallest absolute Gasteiger partial charge is 0.260 e. The molecule has 0 radical (unpaired) electrons. The molecule has 6 heteroatoms. The highest BCUT2D eigenvalue weighted by Crippen LogP contribution is 2.36. The quantitative estimate of drug-likeness (QED) is 0.537. The second kappa shape index (κ2) is 5.26. The molecular weight excluding hydrogens is 280 g/mol. The summed E-state index contributed by atoms with van der Waals surface area (Å²) in [4.78, 5) is 21.9. The van der Waals surface area contributed by atoms with Gasteiger partial charge in [0, 0.05) is 12.0 Å². The molecule has 1 aliphatic carbocycles. The number of aromatic nitrogens is 2. The summed E-state index contributed by atoms with van der Waals surface area (Å²) in [5.41, 5.74) is 1.23. The van der Waals surface area contributed by atoms with Crippen LogP contribution in [0.4, 0.5) is 0 Å². The van der Waals surface area contributed by atoms with E-state index >= 15 is 0 Å². The lowest BCUT2D eigenvalue weighted by Gasteiger charge is -2.17. The molecule has 2 heterocycles. The Balaban J connectivity index is 2.09. The van der Waals surface area contributed by atoms with Crippen LogP contribution in [-0.4, -0.2) is 23.0 Å². The third-order valence-electron chi connectivity index (χ3n) is 3.46. The number of aryl methyl sites for hydroxylation is 1. The van der Waals surface area contributed by atoms with Gasteiger partial charge in [-0.3, -0.25) is 4.79 Å². The molecule has 1 aliphatic rings. The lowest BCUT2D eigenvalue weighted by Crippen LogP contribution is -2.13. The highest BCUT2D eigenvalue weighted by atomic mass is 32.2. The van der Waals surface area contributed by atoms with Crippen molar-refractivity contribution in [1.82, 2.24) is 9.97 Å². The summed E-state index contributed by atoms with van der Waals surface area (Å²) in [5.74, 6) is 1.21. The van der Waals surface area contributed by atoms with E-state index in [2.05, 4.69) is 16.9 Å². The van der Waals surface area contributed by atoms with Gasteiger partial charge in [0.2, 0.25) is 0 Å². The minimum Gasteiger partial charge on any atom is -0.374 e. The first-order valence-corrected chi connectivity index (χ1v) is 8.15. The van der Waals surface area contributed by atoms with Crippen LogP contribution in [0.5, 0.6) is 0 Å². The molecule has 19 heavy (non-hydrogen) atoms. The van der Waals surface area contributed by atoms with Crippen LogP contribution in [0.2, 0.25) is 0 Å². The number of thioether (sulfide) groups is 1. The molecule has 1 atom stereocenters. The van der Waals surface area contributed by atoms with E-state index in [4.69, 9.17) is 4.74 Å². The molecule has 0 aliphatic heterocycles. The van der Waals surface area contributed by atoms with Gasteiger partial charge in [-0.1, -0.05) is 18.7 Å². The zero-order valence-electron chi connectivity index (χ0n) is 11.0. The van der Waals surface area contributed by atoms with E-state index in [9.17, 15) is 4.79 Å². The van der Waals surface area contributed by atoms with Crippen LogP contribution in [0.25, 0.3) is 10.2 Å². The van der Waals surface area contributed by atoms with Crippen LogP contribution in [0.15, 0.2) is 9.95 Å². The standard InChI is InChI=1S/C13H16N2O2S2/c1-7-3-4-8-9(5-7)19-12-10(8)11(16)14-13(15-12)18-6-17-2/h7H,3-6H2,1-2H3,(H,14,15,16). The van der Waals surface area contributed by atoms with Gasteiger partial charge in [0.05, 0.1) is 11.3 Å². The maximum Gasteiger partial charge on any atom is 0.260 e. The van der Waals surface area contributed by atoms with Gasteiger partial charge < -0.3 is 9.72 Å². The normalized spacial score (nSPS) is 18.7. The fraction of sp³-hybridized carbons (Fsp3) is 0.538. The van der Waals surface area contributed by atoms with E-state index in [0.717, 1.165) is 23.1 Å². The van der Waals surface area contributed by atoms with Crippen LogP contribution in [0.3, 0.4) is 0 Å². The van der Waals surface area contributed by atoms with E-state index in [1.165, 1.54) is 28.6 Å². The van der Waals surface area contributed by atoms with Gasteiger partial charge in [-0.15, -0.1) is 11.3 Å². The summed E-state index contributed by atoms with van der Waals surface area (Å²) in [6.45, 7) is 2.27. The fourth-order valence-corrected chi connectivity index (χ4v) is 4.50. The van der Waals surface area contributed by atoms with Gasteiger partial charge in [-0.2, -0.15) is 0 Å². The number of H-pyrrole nitrogens is 1. The molecule has 0 bridgehead atoms. The molecule has 0 saturated heterocycles. The highest BCUT2D eigenvalue weighted by Gasteiger charge is 2.22. The number of hydrogen-bond acceptors (Lipinski definition) is 5. The van der Waals surface area contributed by atoms with Crippen LogP contribution in [-0.2, 0) is 17.6 Å². The summed E-state index contributed by atoms with van der Waals surface area (Å²) < 4.78 is 5.00. The van der Waals surface area contributed by atoms with Gasteiger partial charge in [0.1, 0.15) is 4.83 Å². The summed E-state index contributed by atoms with van der Waals surface area (Å²) in [6.07, 6.45) is 3.25. The Labute approximate surface area is 119 Å². The average Bonchev–Trinajstić information content (AvgIpc) is 2.73. The van der Waals surface area contributed by atoms with Gasteiger partial charge in [-0.05, 0) is 30.7 Å². The largest absolute Gasteiger partial charge is 0.374 e. The number of aromatic amines is 1. The minimum atomic E-state index is -0.00402. The number of nitrogens with zero attached hydrogens (tertiary/aromatic N) is 1. The Hall–Kier alpha value is -0.850. The first-order chi connectivity index (χ1) is 9.19. The number of thiophene rings is 1. The predicted octanol–water partition coefficient (Wildman–Crippen LogP) is 2.81. The zero-order chi connectivity index (χ0) is 13.4. The lowest BCUT2D eigenvalue weighted by molar-refractivity contribution is 0.258. The van der Waals surface area contributed by atoms with Crippen molar-refractivity contribution < 1.29 is 4.74 Å². The summed E-state index contributed by atoms with van der Waals surface area (Å²) in [5, 5.41) is 1.46. The summed E-state index contributed by atoms with van der Waals surface area (Å²) in [7, 11) is 1.63. The van der Waals surface area contributed by atoms with Crippen molar-refractivity contribution in [1.29, 1.82) is 0 Å². The number of rotatable bonds is 3. The molecule has 0 aromatic carbocycles. The number of fused-ring (bicyclic) bond motifs is 3. The number of nitrogens with one attached hydrogen (secondary N) is 1. The molecule has 0 spiro atoms. The molecule has 3 rings (SSSR count). The van der Waals surface area contributed by atoms with Crippen molar-refractivity contribution in [3.05, 3.63) is 20.8 Å². The first-order valence-electron chi connectivity index (χ1n) is 6.35. The van der Waals surface area contributed by atoms with Crippen molar-refractivity contribution in [2.75, 3.05) is 13.0 Å². The van der Waals surface area contributed by atoms with Crippen molar-refractivity contribution in [3.63, 3.8) is 0 Å². The molecule has 1 N–H and O–H groups in total. The lowest BCUT2D eigenvalue weighted by atomic mass is 9.89. The van der Waals surface area contributed by atoms with E-state index in [1.54, 1.807) is 18.4 Å². The van der Waals surface area contributed by atoms with Crippen molar-refractivity contribution in [2.45, 2.75) is 31.3 Å². The maximum absolute atomic E-state index is 12.2. The van der Waals surface area contributed by atoms with Crippen molar-refractivity contribution in [2.24, 2.45) is 5.92 Å². The molecule has 2 aromatic heterocycles. The Morgan fingerprint density at radius 3 is 3.21 bits per heavy atom. The second-order valence-electron chi connectivity index (χ2n) is 4.95. The van der Waals surface area contributed by atoms with E-state index in [1.807, 2.05) is 0 Å². The minimum absolute atomic E-state index is 0.00402. The summed E-state index contributed by atoms with van der Waals surface area (Å²) >= 11 is 3.09. The Morgan fingerprint density at radius 2 is 2.42 bits per heavy atom. The monoisotopic (exact) mass is 296 g/mol. The van der Waals surface area contributed by atoms with E-state index in [0.29, 0.717) is 17.0 Å². The molecule has 0 amide bonds. The molecular formula is C13H16N2O2S2. The Morgan fingerprint density at radius 1 is 1.58 bits per heavy atom. The van der Waals surface area contributed by atoms with E-state index < -0.39 is 0 Å². The SMILES string of the molecule is COCSc1nc2sc3c(c2c(=O)[nH]1)CCC(C)C3.